The van der Waals surface area contributed by atoms with Crippen molar-refractivity contribution in [3.05, 3.63) is 92.1 Å². The summed E-state index contributed by atoms with van der Waals surface area (Å²) in [5.41, 5.74) is 4.30. The third kappa shape index (κ3) is 6.46. The average Bonchev–Trinajstić information content (AvgIpc) is 2.84. The highest BCUT2D eigenvalue weighted by molar-refractivity contribution is 5.83. The van der Waals surface area contributed by atoms with E-state index in [-0.39, 0.29) is 22.6 Å². The second-order valence-electron chi connectivity index (χ2n) is 10.5. The second-order valence-corrected chi connectivity index (χ2v) is 10.5. The summed E-state index contributed by atoms with van der Waals surface area (Å²) in [5.74, 6) is 0.208. The van der Waals surface area contributed by atoms with Gasteiger partial charge >= 0.3 is 5.97 Å². The Bertz CT molecular complexity index is 1490. The quantitative estimate of drug-likeness (QED) is 0.343. The first-order valence-corrected chi connectivity index (χ1v) is 12.9. The molecule has 2 atom stereocenters. The van der Waals surface area contributed by atoms with E-state index >= 15 is 4.39 Å². The summed E-state index contributed by atoms with van der Waals surface area (Å²) in [4.78, 5) is 38.3. The number of terminal acetylenes is 1. The van der Waals surface area contributed by atoms with E-state index in [4.69, 9.17) is 6.42 Å². The van der Waals surface area contributed by atoms with E-state index in [2.05, 4.69) is 11.2 Å². The van der Waals surface area contributed by atoms with E-state index in [1.165, 1.54) is 10.6 Å². The Kier molecular flexibility index (Phi) is 9.13. The van der Waals surface area contributed by atoms with Gasteiger partial charge in [0, 0.05) is 29.0 Å². The maximum Gasteiger partial charge on any atom is 0.305 e. The molecule has 3 aromatic rings. The Balaban J connectivity index is 2.17. The molecular weight excluding hydrogens is 495 g/mol. The van der Waals surface area contributed by atoms with E-state index < -0.39 is 36.2 Å². The predicted octanol–water partition coefficient (Wildman–Crippen LogP) is 5.79. The fourth-order valence-corrected chi connectivity index (χ4v) is 5.02. The zero-order valence-corrected chi connectivity index (χ0v) is 23.3. The van der Waals surface area contributed by atoms with Crippen LogP contribution in [0.2, 0.25) is 0 Å². The number of nitrogens with one attached hydrogen (secondary N) is 1. The Morgan fingerprint density at radius 1 is 1.10 bits per heavy atom. The molecule has 0 aliphatic carbocycles. The topological polar surface area (TPSA) is 88.4 Å². The van der Waals surface area contributed by atoms with Crippen molar-refractivity contribution in [3.63, 3.8) is 0 Å². The predicted molar refractivity (Wildman–Crippen MR) is 151 cm³/mol. The number of aryl methyl sites for hydroxylation is 3. The van der Waals surface area contributed by atoms with E-state index in [1.807, 2.05) is 45.9 Å². The standard InChI is InChI=1S/C32H35FN2O4/c1-8-23-22(7)31(33)25(16-24(23)30-20(5)10-9-11-21(30)6)26(17-29(37)38)34-32(39)27(14-18(2)3)35-13-12-19(4)15-28(35)36/h1,9-13,15-16,18,26-27H,14,17H2,2-7H3,(H,34,39)(H,37,38)/t26-,27-/m1/s1. The van der Waals surface area contributed by atoms with Crippen molar-refractivity contribution in [3.8, 4) is 23.5 Å². The monoisotopic (exact) mass is 530 g/mol. The number of hydrogen-bond donors (Lipinski definition) is 2. The lowest BCUT2D eigenvalue weighted by Crippen LogP contribution is -2.40. The average molecular weight is 531 g/mol. The van der Waals surface area contributed by atoms with Crippen LogP contribution in [0.1, 0.15) is 72.2 Å². The third-order valence-corrected chi connectivity index (χ3v) is 6.93. The minimum Gasteiger partial charge on any atom is -0.481 e. The fraction of sp³-hybridized carbons (Fsp3) is 0.344. The first-order chi connectivity index (χ1) is 18.3. The van der Waals surface area contributed by atoms with Gasteiger partial charge in [-0.2, -0.15) is 0 Å². The van der Waals surface area contributed by atoms with Crippen molar-refractivity contribution in [2.24, 2.45) is 5.92 Å². The van der Waals surface area contributed by atoms with Crippen molar-refractivity contribution in [1.29, 1.82) is 0 Å². The molecular formula is C32H35FN2O4. The number of aromatic nitrogens is 1. The van der Waals surface area contributed by atoms with Crippen molar-refractivity contribution in [2.45, 2.75) is 66.5 Å². The molecule has 0 fully saturated rings. The van der Waals surface area contributed by atoms with Crippen LogP contribution in [-0.4, -0.2) is 21.6 Å². The highest BCUT2D eigenvalue weighted by Gasteiger charge is 2.30. The van der Waals surface area contributed by atoms with Crippen LogP contribution in [0, 0.1) is 51.8 Å². The number of nitrogens with zero attached hydrogens (tertiary/aromatic N) is 1. The lowest BCUT2D eigenvalue weighted by atomic mass is 9.86. The molecule has 2 aromatic carbocycles. The Morgan fingerprint density at radius 2 is 1.74 bits per heavy atom. The number of halogens is 1. The molecule has 0 radical (unpaired) electrons. The number of benzene rings is 2. The number of amides is 1. The molecule has 204 valence electrons. The van der Waals surface area contributed by atoms with Crippen LogP contribution in [-0.2, 0) is 9.59 Å². The van der Waals surface area contributed by atoms with Crippen LogP contribution >= 0.6 is 0 Å². The number of rotatable bonds is 9. The van der Waals surface area contributed by atoms with Gasteiger partial charge in [0.1, 0.15) is 11.9 Å². The van der Waals surface area contributed by atoms with Crippen molar-refractivity contribution in [2.75, 3.05) is 0 Å². The molecule has 6 nitrogen and oxygen atoms in total. The molecule has 1 heterocycles. The Labute approximate surface area is 228 Å². The van der Waals surface area contributed by atoms with Gasteiger partial charge in [0.2, 0.25) is 5.91 Å². The van der Waals surface area contributed by atoms with Crippen LogP contribution in [0.3, 0.4) is 0 Å². The number of carbonyl (C=O) groups excluding carboxylic acids is 1. The Morgan fingerprint density at radius 3 is 2.28 bits per heavy atom. The molecule has 0 aliphatic heterocycles. The number of carbonyl (C=O) groups is 2. The van der Waals surface area contributed by atoms with Crippen molar-refractivity contribution >= 4 is 11.9 Å². The maximum atomic E-state index is 15.8. The van der Waals surface area contributed by atoms with E-state index in [0.29, 0.717) is 17.5 Å². The summed E-state index contributed by atoms with van der Waals surface area (Å²) >= 11 is 0. The van der Waals surface area contributed by atoms with Crippen LogP contribution in [0.4, 0.5) is 4.39 Å². The number of carboxylic acids is 1. The molecule has 0 aliphatic rings. The minimum atomic E-state index is -1.21. The number of carboxylic acid groups (broad SMARTS) is 1. The second kappa shape index (κ2) is 12.1. The normalized spacial score (nSPS) is 12.6. The van der Waals surface area contributed by atoms with Gasteiger partial charge < -0.3 is 15.0 Å². The first-order valence-electron chi connectivity index (χ1n) is 12.9. The molecule has 0 bridgehead atoms. The van der Waals surface area contributed by atoms with E-state index in [1.54, 1.807) is 32.2 Å². The van der Waals surface area contributed by atoms with Gasteiger partial charge in [0.25, 0.3) is 5.56 Å². The summed E-state index contributed by atoms with van der Waals surface area (Å²) in [6.45, 7) is 11.0. The van der Waals surface area contributed by atoms with Crippen LogP contribution in [0.15, 0.2) is 47.4 Å². The highest BCUT2D eigenvalue weighted by Crippen LogP contribution is 2.36. The molecule has 2 N–H and O–H groups in total. The molecule has 3 rings (SSSR count). The molecule has 0 spiro atoms. The van der Waals surface area contributed by atoms with Gasteiger partial charge in [0.05, 0.1) is 12.5 Å². The molecule has 1 aromatic heterocycles. The van der Waals surface area contributed by atoms with Gasteiger partial charge in [-0.05, 0) is 80.0 Å². The van der Waals surface area contributed by atoms with Crippen molar-refractivity contribution in [1.82, 2.24) is 9.88 Å². The zero-order valence-electron chi connectivity index (χ0n) is 23.3. The lowest BCUT2D eigenvalue weighted by Gasteiger charge is -2.26. The van der Waals surface area contributed by atoms with Gasteiger partial charge in [-0.25, -0.2) is 4.39 Å². The summed E-state index contributed by atoms with van der Waals surface area (Å²) in [5, 5.41) is 12.5. The zero-order chi connectivity index (χ0) is 29.0. The molecule has 0 saturated heterocycles. The summed E-state index contributed by atoms with van der Waals surface area (Å²) in [6.07, 6.45) is 7.14. The van der Waals surface area contributed by atoms with Crippen LogP contribution in [0.5, 0.6) is 0 Å². The van der Waals surface area contributed by atoms with E-state index in [0.717, 1.165) is 22.3 Å². The fourth-order valence-electron chi connectivity index (χ4n) is 5.02. The number of aliphatic carboxylic acids is 1. The number of hydrogen-bond acceptors (Lipinski definition) is 3. The third-order valence-electron chi connectivity index (χ3n) is 6.93. The van der Waals surface area contributed by atoms with Gasteiger partial charge in [0.15, 0.2) is 0 Å². The molecule has 0 unspecified atom stereocenters. The largest absolute Gasteiger partial charge is 0.481 e. The van der Waals surface area contributed by atoms with Crippen molar-refractivity contribution < 1.29 is 19.1 Å². The first kappa shape index (κ1) is 29.4. The summed E-state index contributed by atoms with van der Waals surface area (Å²) in [6, 6.07) is 8.39. The van der Waals surface area contributed by atoms with Crippen LogP contribution in [0.25, 0.3) is 11.1 Å². The molecule has 0 saturated carbocycles. The maximum absolute atomic E-state index is 15.8. The molecule has 1 amide bonds. The number of pyridine rings is 1. The minimum absolute atomic E-state index is 0.0273. The summed E-state index contributed by atoms with van der Waals surface area (Å²) in [7, 11) is 0. The van der Waals surface area contributed by atoms with Gasteiger partial charge in [-0.3, -0.25) is 14.4 Å². The highest BCUT2D eigenvalue weighted by atomic mass is 19.1. The summed E-state index contributed by atoms with van der Waals surface area (Å²) < 4.78 is 17.2. The van der Waals surface area contributed by atoms with Crippen LogP contribution < -0.4 is 10.9 Å². The Hall–Kier alpha value is -4.18. The van der Waals surface area contributed by atoms with Gasteiger partial charge in [-0.15, -0.1) is 6.42 Å². The molecule has 39 heavy (non-hydrogen) atoms. The lowest BCUT2D eigenvalue weighted by molar-refractivity contribution is -0.138. The smallest absolute Gasteiger partial charge is 0.305 e. The molecule has 7 heteroatoms. The van der Waals surface area contributed by atoms with E-state index in [9.17, 15) is 19.5 Å². The van der Waals surface area contributed by atoms with Gasteiger partial charge in [-0.1, -0.05) is 38.0 Å². The SMILES string of the molecule is C#Cc1c(-c2c(C)cccc2C)cc([C@@H](CC(=O)O)NC(=O)[C@@H](CC(C)C)n2ccc(C)cc2=O)c(F)c1C.